The number of ether oxygens (including phenoxy) is 2. The molecule has 5 heteroatoms. The Morgan fingerprint density at radius 3 is 2.72 bits per heavy atom. The number of nitrogens with zero attached hydrogens (tertiary/aromatic N) is 1. The Labute approximate surface area is 106 Å². The average molecular weight is 250 g/mol. The first-order valence-corrected chi connectivity index (χ1v) is 5.99. The van der Waals surface area contributed by atoms with Gasteiger partial charge >= 0.3 is 0 Å². The maximum absolute atomic E-state index is 12.7. The summed E-state index contributed by atoms with van der Waals surface area (Å²) in [5.74, 6) is 0.180. The third-order valence-corrected chi connectivity index (χ3v) is 3.52. The lowest BCUT2D eigenvalue weighted by Gasteiger charge is -2.34. The predicted molar refractivity (Wildman–Crippen MR) is 67.5 cm³/mol. The fraction of sp³-hybridized carbons (Fsp3) is 0.538. The van der Waals surface area contributed by atoms with Crippen molar-refractivity contribution in [2.75, 3.05) is 26.1 Å². The lowest BCUT2D eigenvalue weighted by Crippen LogP contribution is -2.46. The second kappa shape index (κ2) is 5.04. The molecule has 0 saturated carbocycles. The molecule has 0 bridgehead atoms. The number of anilines is 1. The fourth-order valence-electron chi connectivity index (χ4n) is 2.33. The quantitative estimate of drug-likeness (QED) is 0.820. The van der Waals surface area contributed by atoms with Crippen LogP contribution in [-0.4, -0.2) is 36.7 Å². The van der Waals surface area contributed by atoms with Crippen LogP contribution in [0.2, 0.25) is 0 Å². The Morgan fingerprint density at radius 1 is 1.50 bits per heavy atom. The minimum Gasteiger partial charge on any atom is -0.383 e. The van der Waals surface area contributed by atoms with Gasteiger partial charge in [-0.15, -0.1) is 0 Å². The summed E-state index contributed by atoms with van der Waals surface area (Å²) in [5, 5.41) is 0. The van der Waals surface area contributed by atoms with Crippen molar-refractivity contribution >= 4 is 11.6 Å². The number of carbonyl (C=O) groups excluding carboxylic acids is 1. The van der Waals surface area contributed by atoms with Gasteiger partial charge in [0, 0.05) is 39.4 Å². The van der Waals surface area contributed by atoms with Crippen LogP contribution in [0.1, 0.15) is 28.8 Å². The minimum atomic E-state index is -0.819. The van der Waals surface area contributed by atoms with Crippen LogP contribution in [0.4, 0.5) is 5.82 Å². The summed E-state index contributed by atoms with van der Waals surface area (Å²) in [5.41, 5.74) is 6.31. The number of ketones is 1. The van der Waals surface area contributed by atoms with Crippen LogP contribution < -0.4 is 5.73 Å². The Kier molecular flexibility index (Phi) is 3.63. The molecule has 0 spiro atoms. The zero-order valence-corrected chi connectivity index (χ0v) is 10.7. The molecule has 1 aliphatic rings. The average Bonchev–Trinajstić information content (AvgIpc) is 2.39. The molecule has 1 fully saturated rings. The Hall–Kier alpha value is -1.46. The van der Waals surface area contributed by atoms with Gasteiger partial charge in [0.2, 0.25) is 0 Å². The molecule has 1 aliphatic heterocycles. The van der Waals surface area contributed by atoms with E-state index in [9.17, 15) is 4.79 Å². The summed E-state index contributed by atoms with van der Waals surface area (Å²) < 4.78 is 10.8. The first kappa shape index (κ1) is 13.0. The number of aromatic nitrogens is 1. The van der Waals surface area contributed by atoms with E-state index in [1.165, 1.54) is 0 Å². The minimum absolute atomic E-state index is 0.0867. The zero-order chi connectivity index (χ0) is 13.2. The third-order valence-electron chi connectivity index (χ3n) is 3.52. The number of nitrogen functional groups attached to an aromatic ring is 1. The van der Waals surface area contributed by atoms with Gasteiger partial charge in [-0.1, -0.05) is 0 Å². The number of carbonyl (C=O) groups is 1. The number of hydrogen-bond acceptors (Lipinski definition) is 5. The van der Waals surface area contributed by atoms with Gasteiger partial charge in [-0.2, -0.15) is 0 Å². The molecule has 98 valence electrons. The van der Waals surface area contributed by atoms with Crippen LogP contribution >= 0.6 is 0 Å². The van der Waals surface area contributed by atoms with E-state index in [2.05, 4.69) is 4.98 Å². The largest absolute Gasteiger partial charge is 0.383 e. The highest BCUT2D eigenvalue weighted by atomic mass is 16.5. The standard InChI is InChI=1S/C13H18N2O3/c1-9-3-6-15-12(14)10(9)11(16)13(17-2)4-7-18-8-5-13/h3,6H,4-5,7-8H2,1-2H3,(H2,14,15). The van der Waals surface area contributed by atoms with E-state index in [1.807, 2.05) is 6.92 Å². The summed E-state index contributed by atoms with van der Waals surface area (Å²) in [6.07, 6.45) is 2.71. The number of pyridine rings is 1. The van der Waals surface area contributed by atoms with E-state index >= 15 is 0 Å². The van der Waals surface area contributed by atoms with Gasteiger partial charge in [0.05, 0.1) is 5.56 Å². The normalized spacial score (nSPS) is 18.6. The second-order valence-corrected chi connectivity index (χ2v) is 4.53. The highest BCUT2D eigenvalue weighted by Gasteiger charge is 2.42. The van der Waals surface area contributed by atoms with Gasteiger partial charge in [0.25, 0.3) is 0 Å². The highest BCUT2D eigenvalue weighted by Crippen LogP contribution is 2.31. The van der Waals surface area contributed by atoms with Crippen LogP contribution in [0, 0.1) is 6.92 Å². The maximum Gasteiger partial charge on any atom is 0.198 e. The maximum atomic E-state index is 12.7. The van der Waals surface area contributed by atoms with Crippen molar-refractivity contribution in [3.05, 3.63) is 23.4 Å². The van der Waals surface area contributed by atoms with Crippen molar-refractivity contribution in [1.29, 1.82) is 0 Å². The molecule has 2 heterocycles. The van der Waals surface area contributed by atoms with E-state index in [4.69, 9.17) is 15.2 Å². The first-order chi connectivity index (χ1) is 8.60. The highest BCUT2D eigenvalue weighted by molar-refractivity contribution is 6.06. The summed E-state index contributed by atoms with van der Waals surface area (Å²) in [6.45, 7) is 2.91. The first-order valence-electron chi connectivity index (χ1n) is 5.99. The van der Waals surface area contributed by atoms with Crippen molar-refractivity contribution in [1.82, 2.24) is 4.98 Å². The summed E-state index contributed by atoms with van der Waals surface area (Å²) >= 11 is 0. The van der Waals surface area contributed by atoms with Crippen LogP contribution in [0.5, 0.6) is 0 Å². The molecule has 5 nitrogen and oxygen atoms in total. The van der Waals surface area contributed by atoms with E-state index in [-0.39, 0.29) is 11.6 Å². The van der Waals surface area contributed by atoms with Gasteiger partial charge in [-0.05, 0) is 18.6 Å². The Balaban J connectivity index is 2.40. The van der Waals surface area contributed by atoms with Gasteiger partial charge in [-0.3, -0.25) is 4.79 Å². The molecule has 0 aromatic carbocycles. The van der Waals surface area contributed by atoms with E-state index in [0.29, 0.717) is 31.6 Å². The molecular formula is C13H18N2O3. The van der Waals surface area contributed by atoms with Gasteiger partial charge in [-0.25, -0.2) is 4.98 Å². The number of aryl methyl sites for hydroxylation is 1. The molecule has 1 saturated heterocycles. The summed E-state index contributed by atoms with van der Waals surface area (Å²) in [7, 11) is 1.56. The van der Waals surface area contributed by atoms with Crippen LogP contribution in [0.25, 0.3) is 0 Å². The fourth-order valence-corrected chi connectivity index (χ4v) is 2.33. The molecular weight excluding hydrogens is 232 g/mol. The van der Waals surface area contributed by atoms with Gasteiger partial charge in [0.15, 0.2) is 5.78 Å². The number of methoxy groups -OCH3 is 1. The van der Waals surface area contributed by atoms with Crippen LogP contribution in [0.3, 0.4) is 0 Å². The summed E-state index contributed by atoms with van der Waals surface area (Å²) in [6, 6.07) is 1.78. The van der Waals surface area contributed by atoms with Crippen molar-refractivity contribution in [2.45, 2.75) is 25.4 Å². The van der Waals surface area contributed by atoms with E-state index in [0.717, 1.165) is 5.56 Å². The molecule has 2 N–H and O–H groups in total. The number of nitrogens with two attached hydrogens (primary N) is 1. The smallest absolute Gasteiger partial charge is 0.198 e. The number of rotatable bonds is 3. The monoisotopic (exact) mass is 250 g/mol. The third kappa shape index (κ3) is 2.11. The summed E-state index contributed by atoms with van der Waals surface area (Å²) in [4.78, 5) is 16.7. The molecule has 0 atom stereocenters. The molecule has 0 amide bonds. The Morgan fingerprint density at radius 2 is 2.17 bits per heavy atom. The number of Topliss-reactive ketones (excluding diaryl/α,β-unsaturated/α-hetero) is 1. The lowest BCUT2D eigenvalue weighted by atomic mass is 9.84. The molecule has 18 heavy (non-hydrogen) atoms. The molecule has 2 rings (SSSR count). The Bertz CT molecular complexity index is 433. The van der Waals surface area contributed by atoms with Gasteiger partial charge < -0.3 is 15.2 Å². The topological polar surface area (TPSA) is 74.4 Å². The van der Waals surface area contributed by atoms with Gasteiger partial charge in [0.1, 0.15) is 11.4 Å². The van der Waals surface area contributed by atoms with Crippen molar-refractivity contribution in [3.63, 3.8) is 0 Å². The molecule has 0 radical (unpaired) electrons. The van der Waals surface area contributed by atoms with Crippen molar-refractivity contribution in [2.24, 2.45) is 0 Å². The predicted octanol–water partition coefficient (Wildman–Crippen LogP) is 1.35. The van der Waals surface area contributed by atoms with E-state index in [1.54, 1.807) is 19.4 Å². The van der Waals surface area contributed by atoms with Crippen molar-refractivity contribution in [3.8, 4) is 0 Å². The molecule has 0 aliphatic carbocycles. The SMILES string of the molecule is COC1(C(=O)c2c(C)ccnc2N)CCOCC1. The van der Waals surface area contributed by atoms with Crippen LogP contribution in [0.15, 0.2) is 12.3 Å². The van der Waals surface area contributed by atoms with E-state index < -0.39 is 5.60 Å². The second-order valence-electron chi connectivity index (χ2n) is 4.53. The lowest BCUT2D eigenvalue weighted by molar-refractivity contribution is -0.0663. The molecule has 0 unspecified atom stereocenters. The van der Waals surface area contributed by atoms with Crippen LogP contribution in [-0.2, 0) is 9.47 Å². The van der Waals surface area contributed by atoms with Crippen molar-refractivity contribution < 1.29 is 14.3 Å². The number of hydrogen-bond donors (Lipinski definition) is 1. The molecule has 1 aromatic heterocycles. The molecule has 1 aromatic rings. The zero-order valence-electron chi connectivity index (χ0n) is 10.7.